The lowest BCUT2D eigenvalue weighted by Gasteiger charge is -2.18. The van der Waals surface area contributed by atoms with E-state index in [1.165, 1.54) is 12.1 Å². The molecule has 19 heteroatoms. The maximum Gasteiger partial charge on any atom is 0.370 e. The third kappa shape index (κ3) is 9.36. The van der Waals surface area contributed by atoms with E-state index in [2.05, 4.69) is 9.97 Å². The van der Waals surface area contributed by atoms with Gasteiger partial charge in [-0.25, -0.2) is 29.1 Å². The summed E-state index contributed by atoms with van der Waals surface area (Å²) in [5.74, 6) is -6.02. The van der Waals surface area contributed by atoms with Gasteiger partial charge in [-0.1, -0.05) is 12.1 Å². The molecule has 3 aliphatic rings. The Bertz CT molecular complexity index is 2890. The van der Waals surface area contributed by atoms with Crippen molar-refractivity contribution in [3.05, 3.63) is 95.6 Å². The number of amides is 2. The lowest BCUT2D eigenvalue weighted by atomic mass is 10.0. The summed E-state index contributed by atoms with van der Waals surface area (Å²) in [4.78, 5) is 92.2. The van der Waals surface area contributed by atoms with Crippen LogP contribution in [0.2, 0.25) is 0 Å². The Labute approximate surface area is 354 Å². The van der Waals surface area contributed by atoms with Gasteiger partial charge in [-0.2, -0.15) is 0 Å². The number of hydrogen-bond acceptors (Lipinski definition) is 13. The molecule has 1 fully saturated rings. The maximum atomic E-state index is 12.3. The van der Waals surface area contributed by atoms with Crippen molar-refractivity contribution in [1.82, 2.24) is 25.0 Å². The second kappa shape index (κ2) is 17.5. The second-order valence-corrected chi connectivity index (χ2v) is 13.9. The van der Waals surface area contributed by atoms with Crippen molar-refractivity contribution in [3.8, 4) is 45.3 Å². The zero-order valence-corrected chi connectivity index (χ0v) is 32.7. The predicted molar refractivity (Wildman–Crippen MR) is 222 cm³/mol. The van der Waals surface area contributed by atoms with E-state index in [1.807, 2.05) is 24.3 Å². The molecule has 8 bridgehead atoms. The van der Waals surface area contributed by atoms with Crippen LogP contribution in [0, 0.1) is 0 Å². The number of imide groups is 1. The van der Waals surface area contributed by atoms with Crippen LogP contribution in [-0.4, -0.2) is 102 Å². The molecule has 0 aliphatic carbocycles. The number of H-pyrrole nitrogens is 2. The summed E-state index contributed by atoms with van der Waals surface area (Å²) in [7, 11) is 0. The Morgan fingerprint density at radius 2 is 1.05 bits per heavy atom. The van der Waals surface area contributed by atoms with Gasteiger partial charge >= 0.3 is 23.9 Å². The minimum Gasteiger partial charge on any atom is -0.482 e. The molecular formula is C44H33N5O14. The lowest BCUT2D eigenvalue weighted by Crippen LogP contribution is -2.33. The number of carbonyl (C=O) groups excluding carboxylic acids is 3. The highest BCUT2D eigenvalue weighted by Gasteiger charge is 2.33. The zero-order chi connectivity index (χ0) is 44.2. The van der Waals surface area contributed by atoms with Crippen molar-refractivity contribution in [2.45, 2.75) is 12.8 Å². The van der Waals surface area contributed by atoms with E-state index in [0.29, 0.717) is 61.2 Å². The van der Waals surface area contributed by atoms with E-state index >= 15 is 0 Å². The average Bonchev–Trinajstić information content (AvgIpc) is 4.12. The molecule has 8 rings (SSSR count). The van der Waals surface area contributed by atoms with Crippen LogP contribution < -0.4 is 18.9 Å². The fourth-order valence-corrected chi connectivity index (χ4v) is 6.83. The highest BCUT2D eigenvalue weighted by Crippen LogP contribution is 2.45. The summed E-state index contributed by atoms with van der Waals surface area (Å²) in [5.41, 5.74) is 6.32. The molecule has 0 radical (unpaired) electrons. The van der Waals surface area contributed by atoms with Crippen molar-refractivity contribution < 1.29 is 67.9 Å². The molecule has 19 nitrogen and oxygen atoms in total. The molecule has 2 amide bonds. The first-order chi connectivity index (χ1) is 30.4. The molecular weight excluding hydrogens is 823 g/mol. The van der Waals surface area contributed by atoms with Gasteiger partial charge in [0.1, 0.15) is 23.0 Å². The van der Waals surface area contributed by atoms with Gasteiger partial charge < -0.3 is 49.1 Å². The van der Waals surface area contributed by atoms with E-state index in [4.69, 9.17) is 33.8 Å². The summed E-state index contributed by atoms with van der Waals surface area (Å²) in [5, 5.41) is 28.8. The summed E-state index contributed by atoms with van der Waals surface area (Å²) < 4.78 is 22.4. The van der Waals surface area contributed by atoms with Gasteiger partial charge in [0.2, 0.25) is 0 Å². The fraction of sp³-hybridized carbons (Fsp3) is 0.136. The van der Waals surface area contributed by atoms with E-state index < -0.39 is 62.1 Å². The molecule has 0 atom stereocenters. The quantitative estimate of drug-likeness (QED) is 0.0812. The first-order valence-electron chi connectivity index (χ1n) is 19.0. The number of ether oxygens (including phenoxy) is 4. The number of aromatic amines is 2. The minimum atomic E-state index is -1.32. The summed E-state index contributed by atoms with van der Waals surface area (Å²) in [6.45, 7) is -2.95. The number of carboxylic acids is 3. The first kappa shape index (κ1) is 41.0. The normalized spacial score (nSPS) is 12.9. The van der Waals surface area contributed by atoms with E-state index in [0.717, 1.165) is 11.1 Å². The molecule has 5 N–H and O–H groups in total. The number of nitrogens with one attached hydrogen (secondary N) is 2. The molecule has 3 aromatic heterocycles. The fourth-order valence-electron chi connectivity index (χ4n) is 6.83. The van der Waals surface area contributed by atoms with Crippen LogP contribution in [0.15, 0.2) is 72.8 Å². The molecule has 1 saturated heterocycles. The van der Waals surface area contributed by atoms with Gasteiger partial charge in [0.05, 0.1) is 28.3 Å². The average molecular weight is 856 g/mol. The number of benzene rings is 2. The van der Waals surface area contributed by atoms with Crippen LogP contribution in [0.5, 0.6) is 23.0 Å². The van der Waals surface area contributed by atoms with Crippen LogP contribution in [0.25, 0.3) is 68.6 Å². The number of carbonyl (C=O) groups is 6. The Kier molecular flexibility index (Phi) is 11.4. The number of rotatable bonds is 15. The standard InChI is InChI=1S/C44H33N5O14/c50-36-13-14-37(51)49(36)63-41(58)22-60-28-7-1-23(2-8-28)42-30-9-3-24(45-30)15-26-5-11-32(47-26)43(33-12-6-27(48-33)16-25-4-10-31(42)46-25)44-34(61-20-39(54)55)17-29(59-19-38(52)53)18-35(44)62-21-40(56)57/h1-12,15-18,45,48H,13-14,19-22H2,(H,52,53)(H,54,55)(H,56,57). The third-order valence-corrected chi connectivity index (χ3v) is 9.45. The van der Waals surface area contributed by atoms with E-state index in [9.17, 15) is 44.1 Å². The van der Waals surface area contributed by atoms with Gasteiger partial charge in [-0.15, -0.1) is 5.06 Å². The minimum absolute atomic E-state index is 0.0262. The van der Waals surface area contributed by atoms with Crippen LogP contribution >= 0.6 is 0 Å². The lowest BCUT2D eigenvalue weighted by molar-refractivity contribution is -0.198. The third-order valence-electron chi connectivity index (χ3n) is 9.45. The Balaban J connectivity index is 1.23. The van der Waals surface area contributed by atoms with Crippen LogP contribution in [0.1, 0.15) is 35.6 Å². The number of nitrogens with zero attached hydrogens (tertiary/aromatic N) is 3. The van der Waals surface area contributed by atoms with Gasteiger partial charge in [0, 0.05) is 58.2 Å². The monoisotopic (exact) mass is 855 g/mol. The van der Waals surface area contributed by atoms with E-state index in [-0.39, 0.29) is 35.7 Å². The number of aliphatic carboxylic acids is 3. The maximum absolute atomic E-state index is 12.3. The van der Waals surface area contributed by atoms with Gasteiger partial charge in [0.15, 0.2) is 26.4 Å². The molecule has 6 heterocycles. The molecule has 0 spiro atoms. The van der Waals surface area contributed by atoms with Gasteiger partial charge in [-0.3, -0.25) is 9.59 Å². The molecule has 2 aromatic carbocycles. The number of carboxylic acid groups (broad SMARTS) is 3. The number of fused-ring (bicyclic) bond motifs is 8. The predicted octanol–water partition coefficient (Wildman–Crippen LogP) is 5.37. The topological polar surface area (TPSA) is 270 Å². The van der Waals surface area contributed by atoms with Gasteiger partial charge in [-0.05, 0) is 78.4 Å². The van der Waals surface area contributed by atoms with Crippen LogP contribution in [0.4, 0.5) is 0 Å². The summed E-state index contributed by atoms with van der Waals surface area (Å²) in [6, 6.07) is 20.3. The summed E-state index contributed by atoms with van der Waals surface area (Å²) in [6.07, 6.45) is 7.07. The van der Waals surface area contributed by atoms with Gasteiger partial charge in [0.25, 0.3) is 11.8 Å². The molecule has 0 unspecified atom stereocenters. The summed E-state index contributed by atoms with van der Waals surface area (Å²) >= 11 is 0. The van der Waals surface area contributed by atoms with Crippen molar-refractivity contribution >= 4 is 82.1 Å². The largest absolute Gasteiger partial charge is 0.482 e. The van der Waals surface area contributed by atoms with E-state index in [1.54, 1.807) is 60.7 Å². The Morgan fingerprint density at radius 1 is 0.556 bits per heavy atom. The second-order valence-electron chi connectivity index (χ2n) is 13.9. The highest BCUT2D eigenvalue weighted by molar-refractivity contribution is 6.02. The van der Waals surface area contributed by atoms with Crippen molar-refractivity contribution in [2.24, 2.45) is 0 Å². The Hall–Kier alpha value is -8.74. The number of hydroxylamine groups is 2. The van der Waals surface area contributed by atoms with Crippen molar-refractivity contribution in [2.75, 3.05) is 26.4 Å². The molecule has 63 heavy (non-hydrogen) atoms. The van der Waals surface area contributed by atoms with Crippen LogP contribution in [-0.2, 0) is 33.6 Å². The highest BCUT2D eigenvalue weighted by atomic mass is 16.7. The molecule has 5 aromatic rings. The SMILES string of the molecule is O=C(O)COc1cc(OCC(=O)O)c(-c2c3nc(cc4ccc([nH]4)c(-c4ccc(OCC(=O)ON5C(=O)CCC5=O)cc4)c4nc(cc5ccc2[nH]5)C=C4)C=C3)c(OCC(=O)O)c1. The molecule has 3 aliphatic heterocycles. The molecule has 318 valence electrons. The zero-order valence-electron chi connectivity index (χ0n) is 32.7. The Morgan fingerprint density at radius 3 is 1.59 bits per heavy atom. The number of aromatic nitrogens is 4. The van der Waals surface area contributed by atoms with Crippen molar-refractivity contribution in [3.63, 3.8) is 0 Å². The van der Waals surface area contributed by atoms with Crippen molar-refractivity contribution in [1.29, 1.82) is 0 Å². The number of hydrogen-bond donors (Lipinski definition) is 5. The smallest absolute Gasteiger partial charge is 0.370 e. The first-order valence-corrected chi connectivity index (χ1v) is 19.0. The molecule has 0 saturated carbocycles. The van der Waals surface area contributed by atoms with Crippen LogP contribution in [0.3, 0.4) is 0 Å².